The summed E-state index contributed by atoms with van der Waals surface area (Å²) in [6.45, 7) is 6.93. The lowest BCUT2D eigenvalue weighted by atomic mass is 9.80. The van der Waals surface area contributed by atoms with E-state index in [0.29, 0.717) is 6.61 Å². The minimum atomic E-state index is -1.48. The molecule has 0 bridgehead atoms. The number of esters is 2. The third-order valence-electron chi connectivity index (χ3n) is 5.94. The second-order valence-corrected chi connectivity index (χ2v) is 7.14. The largest absolute Gasteiger partial charge is 0.465 e. The van der Waals surface area contributed by atoms with Gasteiger partial charge in [-0.25, -0.2) is 0 Å². The van der Waals surface area contributed by atoms with Crippen molar-refractivity contribution in [2.45, 2.75) is 51.4 Å². The highest BCUT2D eigenvalue weighted by Gasteiger charge is 2.50. The summed E-state index contributed by atoms with van der Waals surface area (Å²) in [5, 5.41) is 10.6. The number of carbonyl (C=O) groups is 2. The highest BCUT2D eigenvalue weighted by atomic mass is 16.6. The normalized spacial score (nSPS) is 46.6. The SMILES string of the molecule is CC1C(=O)OCC2CCN3CCC(OC(=O)C(C)C1(C)O)C23. The van der Waals surface area contributed by atoms with E-state index in [1.165, 1.54) is 6.92 Å². The highest BCUT2D eigenvalue weighted by Crippen LogP contribution is 2.37. The molecule has 6 nitrogen and oxygen atoms in total. The van der Waals surface area contributed by atoms with Crippen LogP contribution in [-0.2, 0) is 19.1 Å². The van der Waals surface area contributed by atoms with Crippen molar-refractivity contribution in [3.8, 4) is 0 Å². The summed E-state index contributed by atoms with van der Waals surface area (Å²) in [7, 11) is 0. The fourth-order valence-electron chi connectivity index (χ4n) is 3.94. The monoisotopic (exact) mass is 311 g/mol. The molecule has 22 heavy (non-hydrogen) atoms. The Balaban J connectivity index is 1.89. The van der Waals surface area contributed by atoms with Gasteiger partial charge >= 0.3 is 11.9 Å². The van der Waals surface area contributed by atoms with E-state index in [9.17, 15) is 14.7 Å². The van der Waals surface area contributed by atoms with Gasteiger partial charge in [0.1, 0.15) is 6.10 Å². The van der Waals surface area contributed by atoms with Crippen LogP contribution in [0.1, 0.15) is 33.6 Å². The van der Waals surface area contributed by atoms with E-state index >= 15 is 0 Å². The lowest BCUT2D eigenvalue weighted by molar-refractivity contribution is -0.171. The zero-order valence-corrected chi connectivity index (χ0v) is 13.4. The predicted octanol–water partition coefficient (Wildman–Crippen LogP) is 0.572. The molecule has 0 spiro atoms. The van der Waals surface area contributed by atoms with Gasteiger partial charge in [0, 0.05) is 12.5 Å². The second-order valence-electron chi connectivity index (χ2n) is 7.14. The molecule has 6 heteroatoms. The van der Waals surface area contributed by atoms with E-state index in [0.717, 1.165) is 25.9 Å². The summed E-state index contributed by atoms with van der Waals surface area (Å²) < 4.78 is 11.2. The van der Waals surface area contributed by atoms with Crippen LogP contribution in [0.3, 0.4) is 0 Å². The molecule has 0 radical (unpaired) electrons. The second kappa shape index (κ2) is 5.49. The first-order valence-electron chi connectivity index (χ1n) is 8.16. The topological polar surface area (TPSA) is 76.1 Å². The van der Waals surface area contributed by atoms with Gasteiger partial charge in [-0.2, -0.15) is 0 Å². The molecule has 0 aliphatic carbocycles. The van der Waals surface area contributed by atoms with E-state index in [1.54, 1.807) is 13.8 Å². The summed E-state index contributed by atoms with van der Waals surface area (Å²) in [5.41, 5.74) is -1.48. The van der Waals surface area contributed by atoms with Crippen molar-refractivity contribution in [2.75, 3.05) is 19.7 Å². The van der Waals surface area contributed by atoms with Crippen molar-refractivity contribution in [3.63, 3.8) is 0 Å². The average Bonchev–Trinajstić information content (AvgIpc) is 3.05. The summed E-state index contributed by atoms with van der Waals surface area (Å²) in [5.74, 6) is -2.22. The van der Waals surface area contributed by atoms with E-state index < -0.39 is 29.4 Å². The van der Waals surface area contributed by atoms with Gasteiger partial charge in [0.25, 0.3) is 0 Å². The number of carbonyl (C=O) groups excluding carboxylic acids is 2. The van der Waals surface area contributed by atoms with E-state index in [-0.39, 0.29) is 18.1 Å². The third kappa shape index (κ3) is 2.42. The number of ether oxygens (including phenoxy) is 2. The molecule has 0 amide bonds. The standard InChI is InChI=1S/C16H25NO5/c1-9-14(18)21-8-11-4-6-17-7-5-12(13(11)17)22-15(19)10(2)16(9,3)20/h9-13,20H,4-8H2,1-3H3. The molecule has 0 aromatic rings. The van der Waals surface area contributed by atoms with E-state index in [4.69, 9.17) is 9.47 Å². The van der Waals surface area contributed by atoms with Gasteiger partial charge in [-0.05, 0) is 40.2 Å². The first kappa shape index (κ1) is 15.7. The number of hydrogen-bond acceptors (Lipinski definition) is 6. The Morgan fingerprint density at radius 3 is 2.50 bits per heavy atom. The maximum absolute atomic E-state index is 12.4. The quantitative estimate of drug-likeness (QED) is 0.659. The smallest absolute Gasteiger partial charge is 0.311 e. The number of hydrogen-bond donors (Lipinski definition) is 1. The number of aliphatic hydroxyl groups is 1. The lowest BCUT2D eigenvalue weighted by Gasteiger charge is -2.33. The summed E-state index contributed by atoms with van der Waals surface area (Å²) in [6, 6.07) is 0.141. The van der Waals surface area contributed by atoms with Crippen molar-refractivity contribution < 1.29 is 24.2 Å². The molecule has 0 saturated carbocycles. The van der Waals surface area contributed by atoms with Crippen LogP contribution in [-0.4, -0.2) is 59.4 Å². The van der Waals surface area contributed by atoms with Gasteiger partial charge in [0.15, 0.2) is 0 Å². The van der Waals surface area contributed by atoms with E-state index in [1.807, 2.05) is 0 Å². The zero-order valence-electron chi connectivity index (χ0n) is 13.4. The first-order chi connectivity index (χ1) is 10.3. The van der Waals surface area contributed by atoms with Crippen LogP contribution in [0.4, 0.5) is 0 Å². The van der Waals surface area contributed by atoms with Crippen LogP contribution in [0.15, 0.2) is 0 Å². The Morgan fingerprint density at radius 2 is 1.77 bits per heavy atom. The van der Waals surface area contributed by atoms with Gasteiger partial charge in [0.05, 0.1) is 30.1 Å². The molecule has 3 heterocycles. The van der Waals surface area contributed by atoms with Crippen molar-refractivity contribution in [3.05, 3.63) is 0 Å². The highest BCUT2D eigenvalue weighted by molar-refractivity contribution is 5.78. The minimum absolute atomic E-state index is 0.141. The summed E-state index contributed by atoms with van der Waals surface area (Å²) >= 11 is 0. The molecule has 124 valence electrons. The van der Waals surface area contributed by atoms with Gasteiger partial charge < -0.3 is 14.6 Å². The Bertz CT molecular complexity index is 477. The molecular formula is C16H25NO5. The van der Waals surface area contributed by atoms with Crippen molar-refractivity contribution in [1.82, 2.24) is 4.90 Å². The van der Waals surface area contributed by atoms with Crippen molar-refractivity contribution in [1.29, 1.82) is 0 Å². The Kier molecular flexibility index (Phi) is 3.93. The number of rotatable bonds is 0. The molecule has 3 saturated heterocycles. The fourth-order valence-corrected chi connectivity index (χ4v) is 3.94. The number of cyclic esters (lactones) is 1. The Hall–Kier alpha value is -1.14. The third-order valence-corrected chi connectivity index (χ3v) is 5.94. The molecule has 3 rings (SSSR count). The molecule has 0 aromatic carbocycles. The molecular weight excluding hydrogens is 286 g/mol. The van der Waals surface area contributed by atoms with Crippen LogP contribution in [0.5, 0.6) is 0 Å². The van der Waals surface area contributed by atoms with Gasteiger partial charge in [-0.15, -0.1) is 0 Å². The van der Waals surface area contributed by atoms with Crippen LogP contribution in [0.2, 0.25) is 0 Å². The van der Waals surface area contributed by atoms with Crippen molar-refractivity contribution >= 4 is 11.9 Å². The van der Waals surface area contributed by atoms with Crippen LogP contribution in [0, 0.1) is 17.8 Å². The van der Waals surface area contributed by atoms with Crippen LogP contribution in [0.25, 0.3) is 0 Å². The zero-order chi connectivity index (χ0) is 16.1. The van der Waals surface area contributed by atoms with Gasteiger partial charge in [0.2, 0.25) is 0 Å². The van der Waals surface area contributed by atoms with Gasteiger partial charge in [-0.3, -0.25) is 14.5 Å². The van der Waals surface area contributed by atoms with E-state index in [2.05, 4.69) is 4.90 Å². The van der Waals surface area contributed by atoms with Crippen molar-refractivity contribution in [2.24, 2.45) is 17.8 Å². The van der Waals surface area contributed by atoms with Crippen LogP contribution < -0.4 is 0 Å². The molecule has 3 aliphatic rings. The molecule has 3 aliphatic heterocycles. The molecule has 3 fully saturated rings. The maximum atomic E-state index is 12.4. The average molecular weight is 311 g/mol. The van der Waals surface area contributed by atoms with Crippen LogP contribution >= 0.6 is 0 Å². The molecule has 6 atom stereocenters. The minimum Gasteiger partial charge on any atom is -0.465 e. The first-order valence-corrected chi connectivity index (χ1v) is 8.16. The number of nitrogens with zero attached hydrogens (tertiary/aromatic N) is 1. The molecule has 6 unspecified atom stereocenters. The lowest BCUT2D eigenvalue weighted by Crippen LogP contribution is -2.48. The fraction of sp³-hybridized carbons (Fsp3) is 0.875. The molecule has 0 aromatic heterocycles. The summed E-state index contributed by atoms with van der Waals surface area (Å²) in [4.78, 5) is 27.0. The van der Waals surface area contributed by atoms with Gasteiger partial charge in [-0.1, -0.05) is 0 Å². The Labute approximate surface area is 130 Å². The predicted molar refractivity (Wildman–Crippen MR) is 77.9 cm³/mol. The Morgan fingerprint density at radius 1 is 1.14 bits per heavy atom. The summed E-state index contributed by atoms with van der Waals surface area (Å²) in [6.07, 6.45) is 1.60. The molecule has 1 N–H and O–H groups in total. The maximum Gasteiger partial charge on any atom is 0.311 e.